The molecule has 38 heteroatoms. The second-order valence-electron chi connectivity index (χ2n) is 27.1. The van der Waals surface area contributed by atoms with E-state index in [1.54, 1.807) is 34.6 Å². The number of anilines is 4. The number of nitrogens with two attached hydrogens (primary N) is 2. The normalized spacial score (nSPS) is 12.4. The molecule has 3 aromatic carbocycles. The molecule has 3 amide bonds. The fourth-order valence-electron chi connectivity index (χ4n) is 10.0. The van der Waals surface area contributed by atoms with Gasteiger partial charge in [0.1, 0.15) is 69.6 Å². The van der Waals surface area contributed by atoms with Crippen molar-refractivity contribution in [3.8, 4) is 56.9 Å². The Balaban J connectivity index is 0.000000593. The number of amides is 3. The zero-order chi connectivity index (χ0) is 84.7. The predicted molar refractivity (Wildman–Crippen MR) is 419 cm³/mol. The molecule has 26 nitrogen and oxygen atoms in total. The molecule has 0 spiro atoms. The van der Waals surface area contributed by atoms with E-state index >= 15 is 0 Å². The number of rotatable bonds is 28. The van der Waals surface area contributed by atoms with Crippen LogP contribution in [0.3, 0.4) is 0 Å². The summed E-state index contributed by atoms with van der Waals surface area (Å²) in [5.74, 6) is -5.14. The molecule has 0 bridgehead atoms. The number of aryl methyl sites for hydroxylation is 1. The fraction of sp³-hybridized carbons (Fsp3) is 0.329. The molecule has 1 unspecified atom stereocenters. The van der Waals surface area contributed by atoms with Crippen LogP contribution in [0.5, 0.6) is 23.1 Å². The van der Waals surface area contributed by atoms with Crippen molar-refractivity contribution in [3.63, 3.8) is 0 Å². The number of ether oxygens (including phenoxy) is 4. The number of pyridine rings is 6. The number of halogens is 9. The number of carbonyl (C=O) groups excluding carboxylic acids is 3. The van der Waals surface area contributed by atoms with Gasteiger partial charge in [-0.15, -0.1) is 0 Å². The summed E-state index contributed by atoms with van der Waals surface area (Å²) in [7, 11) is -12.2. The average Bonchev–Trinajstić information content (AvgIpc) is 0.791. The Hall–Kier alpha value is -11.4. The molecular formula is C76H94F9N13O13S3. The maximum atomic E-state index is 14.4. The molecule has 0 aliphatic heterocycles. The number of alkyl halides is 6. The predicted octanol–water partition coefficient (Wildman–Crippen LogP) is 15.0. The van der Waals surface area contributed by atoms with Crippen LogP contribution in [-0.2, 0) is 30.1 Å². The fourth-order valence-corrected chi connectivity index (χ4v) is 12.9. The molecule has 9 aromatic rings. The first-order valence-electron chi connectivity index (χ1n) is 34.9. The second kappa shape index (κ2) is 37.9. The highest BCUT2D eigenvalue weighted by Crippen LogP contribution is 2.36. The van der Waals surface area contributed by atoms with E-state index in [9.17, 15) is 79.2 Å². The Labute approximate surface area is 660 Å². The molecule has 0 fully saturated rings. The van der Waals surface area contributed by atoms with Crippen LogP contribution in [0.15, 0.2) is 161 Å². The smallest absolute Gasteiger partial charge is 0.425 e. The van der Waals surface area contributed by atoms with Crippen molar-refractivity contribution in [1.29, 1.82) is 0 Å². The Morgan fingerprint density at radius 3 is 1.17 bits per heavy atom. The molecule has 6 heterocycles. The third-order valence-corrected chi connectivity index (χ3v) is 19.5. The first-order chi connectivity index (χ1) is 53.1. The van der Waals surface area contributed by atoms with Crippen molar-refractivity contribution in [3.05, 3.63) is 185 Å². The molecule has 0 saturated heterocycles. The van der Waals surface area contributed by atoms with Gasteiger partial charge in [0.15, 0.2) is 21.2 Å². The minimum Gasteiger partial charge on any atom is -0.493 e. The van der Waals surface area contributed by atoms with Crippen LogP contribution in [0.4, 0.5) is 62.8 Å². The van der Waals surface area contributed by atoms with Crippen molar-refractivity contribution < 1.29 is 105 Å². The highest BCUT2D eigenvalue weighted by atomic mass is 32.2. The number of benzene rings is 3. The SMILES string of the molecule is CC(C)COc1cc(F)cc(-c2ccc(C(=O)NS(=O)(=O)c3cccc(N)n3)c(N(C)[C@H](C)C(F)(F)F)n2)c1.CCN(c1nc(-c2cc(F)cc(OCC(C)C)c2)ccc1C(=O)NS(=O)(=O)c1cccc(N)n1)C(C)C.Cc1cccc(S(=O)(=O)NC(=O)c2ccc(-c3cc(F)cc(OCC(C)C)c3)nc2OC(C)C(F)(F)F)n1.[HH].[HH].[HH].[HH].[HH]. The van der Waals surface area contributed by atoms with Gasteiger partial charge in [0.2, 0.25) is 5.88 Å². The van der Waals surface area contributed by atoms with Crippen LogP contribution in [-0.4, -0.2) is 137 Å². The number of sulfonamides is 3. The zero-order valence-electron chi connectivity index (χ0n) is 63.8. The van der Waals surface area contributed by atoms with Crippen LogP contribution >= 0.6 is 0 Å². The van der Waals surface area contributed by atoms with Crippen LogP contribution < -0.4 is 54.4 Å². The average molecular weight is 1660 g/mol. The van der Waals surface area contributed by atoms with Crippen molar-refractivity contribution in [2.75, 3.05) is 54.7 Å². The standard InChI is InChI=1S/C26H32FN5O4S.C25H27F4N5O4S.C25H25F4N3O5S.5H2/c1-6-32(17(4)5)25-21(26(33)31-37(34,35)24-9-7-8-23(28)30-24)10-11-22(29-25)18-12-19(27)14-20(13-18)36-15-16(2)3;1-14(2)13-38-18-11-16(10-17(26)12-18)20-9-8-19(23(31-20)34(4)15(3)25(27,28)29)24(35)33-39(36,37)22-7-5-6-21(30)32-22;1-14(2)13-36-19-11-17(10-18(26)12-19)21-9-8-20(24(31-21)37-16(4)25(27,28)29)23(33)32-38(34,35)22-7-5-6-15(3)30-22;;;;;/h7-14,16-17H,6,15H2,1-5H3,(H2,28,30)(H,31,33);5-12,14-15H,13H2,1-4H3,(H2,30,32)(H,33,35);5-12,14,16H,13H2,1-4H3,(H,32,33);5*1H/t;15-;;;;;;/m.1....../s1. The minimum absolute atomic E-state index is 0. The largest absolute Gasteiger partial charge is 0.493 e. The summed E-state index contributed by atoms with van der Waals surface area (Å²) in [5, 5.41) is -1.40. The van der Waals surface area contributed by atoms with E-state index in [-0.39, 0.29) is 99.6 Å². The third kappa shape index (κ3) is 25.0. The van der Waals surface area contributed by atoms with Gasteiger partial charge in [-0.05, 0) is 168 Å². The van der Waals surface area contributed by atoms with Crippen LogP contribution in [0, 0.1) is 42.1 Å². The Bertz CT molecular complexity index is 5330. The first kappa shape index (κ1) is 89.8. The van der Waals surface area contributed by atoms with Crippen molar-refractivity contribution in [1.82, 2.24) is 44.1 Å². The lowest BCUT2D eigenvalue weighted by molar-refractivity contribution is -0.190. The van der Waals surface area contributed by atoms with E-state index < -0.39 is 123 Å². The number of nitrogen functional groups attached to an aromatic ring is 2. The van der Waals surface area contributed by atoms with Gasteiger partial charge in [-0.25, -0.2) is 57.2 Å². The number of carbonyl (C=O) groups is 3. The van der Waals surface area contributed by atoms with Gasteiger partial charge < -0.3 is 40.2 Å². The summed E-state index contributed by atoms with van der Waals surface area (Å²) in [6, 6.07) is 29.1. The first-order valence-corrected chi connectivity index (χ1v) is 39.3. The topological polar surface area (TPSA) is 362 Å². The molecule has 0 aliphatic carbocycles. The maximum absolute atomic E-state index is 14.4. The molecule has 0 radical (unpaired) electrons. The third-order valence-electron chi connectivity index (χ3n) is 15.8. The van der Waals surface area contributed by atoms with Crippen molar-refractivity contribution in [2.24, 2.45) is 17.8 Å². The van der Waals surface area contributed by atoms with E-state index in [0.717, 1.165) is 62.5 Å². The molecule has 6 aromatic heterocycles. The van der Waals surface area contributed by atoms with Crippen LogP contribution in [0.1, 0.15) is 120 Å². The van der Waals surface area contributed by atoms with Gasteiger partial charge in [-0.1, -0.05) is 59.7 Å². The molecule has 7 N–H and O–H groups in total. The summed E-state index contributed by atoms with van der Waals surface area (Å²) in [4.78, 5) is 65.8. The van der Waals surface area contributed by atoms with Gasteiger partial charge in [0.05, 0.1) is 48.0 Å². The molecule has 9 rings (SSSR count). The number of aromatic nitrogens is 6. The molecule has 114 heavy (non-hydrogen) atoms. The lowest BCUT2D eigenvalue weighted by Crippen LogP contribution is -2.43. The molecule has 0 aliphatic rings. The monoisotopic (exact) mass is 1660 g/mol. The number of hydrogen-bond donors (Lipinski definition) is 5. The maximum Gasteiger partial charge on any atom is 0.425 e. The molecule has 622 valence electrons. The quantitative estimate of drug-likeness (QED) is 0.0284. The van der Waals surface area contributed by atoms with Gasteiger partial charge in [0, 0.05) is 67.4 Å². The number of nitrogens with one attached hydrogen (secondary N) is 3. The van der Waals surface area contributed by atoms with E-state index in [1.165, 1.54) is 78.9 Å². The highest BCUT2D eigenvalue weighted by Gasteiger charge is 2.42. The van der Waals surface area contributed by atoms with E-state index in [2.05, 4.69) is 29.9 Å². The van der Waals surface area contributed by atoms with Gasteiger partial charge in [-0.2, -0.15) is 51.6 Å². The lowest BCUT2D eigenvalue weighted by Gasteiger charge is -2.29. The summed E-state index contributed by atoms with van der Waals surface area (Å²) in [6.45, 7) is 21.9. The lowest BCUT2D eigenvalue weighted by atomic mass is 10.1. The van der Waals surface area contributed by atoms with Gasteiger partial charge in [-0.3, -0.25) is 14.4 Å². The Morgan fingerprint density at radius 1 is 0.465 bits per heavy atom. The summed E-state index contributed by atoms with van der Waals surface area (Å²) >= 11 is 0. The number of hydrogen-bond acceptors (Lipinski definition) is 23. The van der Waals surface area contributed by atoms with E-state index in [1.807, 2.05) is 71.9 Å². The second-order valence-corrected chi connectivity index (χ2v) is 31.9. The van der Waals surface area contributed by atoms with Crippen LogP contribution in [0.25, 0.3) is 33.8 Å². The summed E-state index contributed by atoms with van der Waals surface area (Å²) in [5.41, 5.74) is 11.6. The Kier molecular flexibility index (Phi) is 29.9. The molecule has 0 saturated carbocycles. The zero-order valence-corrected chi connectivity index (χ0v) is 66.3. The van der Waals surface area contributed by atoms with Gasteiger partial charge in [0.25, 0.3) is 47.8 Å². The van der Waals surface area contributed by atoms with Crippen LogP contribution in [0.2, 0.25) is 0 Å². The van der Waals surface area contributed by atoms with Crippen molar-refractivity contribution >= 4 is 71.1 Å². The Morgan fingerprint density at radius 2 is 0.816 bits per heavy atom. The summed E-state index contributed by atoms with van der Waals surface area (Å²) in [6.07, 6.45) is -11.9. The van der Waals surface area contributed by atoms with Crippen molar-refractivity contribution in [2.45, 2.75) is 129 Å². The molecule has 2 atom stereocenters. The minimum atomic E-state index is -4.82. The van der Waals surface area contributed by atoms with Gasteiger partial charge >= 0.3 is 12.4 Å². The highest BCUT2D eigenvalue weighted by molar-refractivity contribution is 7.90. The van der Waals surface area contributed by atoms with E-state index in [4.69, 9.17) is 30.4 Å². The van der Waals surface area contributed by atoms with E-state index in [0.29, 0.717) is 54.3 Å². The summed E-state index contributed by atoms with van der Waals surface area (Å²) < 4.78 is 227. The number of nitrogens with zero attached hydrogens (tertiary/aromatic N) is 8. The molecular weight excluding hydrogens is 1570 g/mol.